The van der Waals surface area contributed by atoms with Crippen LogP contribution in [0.3, 0.4) is 0 Å². The Kier molecular flexibility index (Phi) is 7.10. The summed E-state index contributed by atoms with van der Waals surface area (Å²) in [5, 5.41) is 12.9. The normalized spacial score (nSPS) is 15.3. The van der Waals surface area contributed by atoms with Crippen LogP contribution in [0.15, 0.2) is 29.3 Å². The van der Waals surface area contributed by atoms with E-state index in [1.807, 2.05) is 0 Å². The maximum Gasteiger partial charge on any atom is 0.194 e. The van der Waals surface area contributed by atoms with Crippen LogP contribution in [0.25, 0.3) is 0 Å². The summed E-state index contributed by atoms with van der Waals surface area (Å²) in [5.74, 6) is 1.01. The number of aliphatic hydroxyl groups excluding tert-OH is 1. The van der Waals surface area contributed by atoms with E-state index in [1.54, 1.807) is 0 Å². The number of rotatable bonds is 7. The van der Waals surface area contributed by atoms with Crippen LogP contribution in [0.4, 0.5) is 0 Å². The van der Waals surface area contributed by atoms with Gasteiger partial charge in [0.25, 0.3) is 0 Å². The van der Waals surface area contributed by atoms with Gasteiger partial charge < -0.3 is 15.3 Å². The molecule has 1 aromatic carbocycles. The molecule has 0 atom stereocenters. The molecule has 2 N–H and O–H groups in total. The number of guanidine groups is 1. The first kappa shape index (κ1) is 18.8. The Hall–Kier alpha value is -1.55. The van der Waals surface area contributed by atoms with E-state index in [2.05, 4.69) is 55.3 Å². The Morgan fingerprint density at radius 3 is 2.54 bits per heavy atom. The highest BCUT2D eigenvalue weighted by Gasteiger charge is 2.26. The Labute approximate surface area is 147 Å². The van der Waals surface area contributed by atoms with Gasteiger partial charge in [-0.1, -0.05) is 38.1 Å². The van der Waals surface area contributed by atoms with Gasteiger partial charge in [0.1, 0.15) is 0 Å². The summed E-state index contributed by atoms with van der Waals surface area (Å²) < 4.78 is 0. The minimum absolute atomic E-state index is 0.114. The Bertz CT molecular complexity index is 537. The first-order valence-electron chi connectivity index (χ1n) is 9.39. The third-order valence-corrected chi connectivity index (χ3v) is 5.47. The summed E-state index contributed by atoms with van der Waals surface area (Å²) in [6.45, 7) is 10.4. The third-order valence-electron chi connectivity index (χ3n) is 5.47. The molecule has 1 aliphatic rings. The lowest BCUT2D eigenvalue weighted by Crippen LogP contribution is -2.44. The van der Waals surface area contributed by atoms with Crippen LogP contribution in [0, 0.1) is 5.41 Å². The van der Waals surface area contributed by atoms with E-state index in [4.69, 9.17) is 4.99 Å². The molecule has 0 radical (unpaired) electrons. The summed E-state index contributed by atoms with van der Waals surface area (Å²) in [5.41, 5.74) is 2.98. The number of aliphatic imine (C=N–C) groups is 1. The van der Waals surface area contributed by atoms with Crippen molar-refractivity contribution in [2.75, 3.05) is 26.2 Å². The molecule has 4 nitrogen and oxygen atoms in total. The third kappa shape index (κ3) is 4.50. The standard InChI is InChI=1S/C20H33N3O/c1-4-20(5-2,12-14-24)16-22-19(21-6-3)23-13-11-17-9-7-8-10-18(17)15-23/h7-10,24H,4-6,11-16H2,1-3H3,(H,21,22). The molecule has 0 bridgehead atoms. The van der Waals surface area contributed by atoms with Crippen LogP contribution < -0.4 is 5.32 Å². The molecular formula is C20H33N3O. The number of hydrogen-bond acceptors (Lipinski definition) is 2. The molecule has 0 aliphatic carbocycles. The SMILES string of the molecule is CCNC(=NCC(CC)(CC)CCO)N1CCc2ccccc2C1. The van der Waals surface area contributed by atoms with Gasteiger partial charge in [-0.3, -0.25) is 4.99 Å². The van der Waals surface area contributed by atoms with Crippen molar-refractivity contribution < 1.29 is 5.11 Å². The summed E-state index contributed by atoms with van der Waals surface area (Å²) >= 11 is 0. The zero-order valence-electron chi connectivity index (χ0n) is 15.5. The highest BCUT2D eigenvalue weighted by atomic mass is 16.3. The molecule has 2 rings (SSSR count). The van der Waals surface area contributed by atoms with E-state index < -0.39 is 0 Å². The lowest BCUT2D eigenvalue weighted by molar-refractivity contribution is 0.175. The van der Waals surface area contributed by atoms with Gasteiger partial charge in [0.15, 0.2) is 5.96 Å². The highest BCUT2D eigenvalue weighted by Crippen LogP contribution is 2.31. The maximum absolute atomic E-state index is 9.42. The molecule has 0 saturated heterocycles. The predicted molar refractivity (Wildman–Crippen MR) is 101 cm³/mol. The number of nitrogens with one attached hydrogen (secondary N) is 1. The van der Waals surface area contributed by atoms with Crippen LogP contribution in [-0.4, -0.2) is 42.2 Å². The molecule has 0 spiro atoms. The number of benzene rings is 1. The molecule has 24 heavy (non-hydrogen) atoms. The molecule has 1 heterocycles. The van der Waals surface area contributed by atoms with E-state index in [1.165, 1.54) is 11.1 Å². The fourth-order valence-corrected chi connectivity index (χ4v) is 3.49. The second-order valence-electron chi connectivity index (χ2n) is 6.79. The van der Waals surface area contributed by atoms with Crippen LogP contribution in [0.1, 0.15) is 51.2 Å². The molecule has 0 amide bonds. The van der Waals surface area contributed by atoms with E-state index in [0.29, 0.717) is 0 Å². The smallest absolute Gasteiger partial charge is 0.194 e. The highest BCUT2D eigenvalue weighted by molar-refractivity contribution is 5.80. The Balaban J connectivity index is 2.14. The van der Waals surface area contributed by atoms with Gasteiger partial charge in [0.05, 0.1) is 0 Å². The number of aliphatic hydroxyl groups is 1. The lowest BCUT2D eigenvalue weighted by atomic mass is 9.79. The van der Waals surface area contributed by atoms with Crippen molar-refractivity contribution in [3.8, 4) is 0 Å². The van der Waals surface area contributed by atoms with Gasteiger partial charge >= 0.3 is 0 Å². The van der Waals surface area contributed by atoms with Crippen LogP contribution in [-0.2, 0) is 13.0 Å². The second kappa shape index (κ2) is 9.07. The topological polar surface area (TPSA) is 47.9 Å². The van der Waals surface area contributed by atoms with Crippen molar-refractivity contribution >= 4 is 5.96 Å². The largest absolute Gasteiger partial charge is 0.396 e. The first-order valence-corrected chi connectivity index (χ1v) is 9.39. The molecular weight excluding hydrogens is 298 g/mol. The van der Waals surface area contributed by atoms with E-state index in [-0.39, 0.29) is 12.0 Å². The average Bonchev–Trinajstić information content (AvgIpc) is 2.63. The van der Waals surface area contributed by atoms with Gasteiger partial charge in [-0.15, -0.1) is 0 Å². The van der Waals surface area contributed by atoms with Gasteiger partial charge in [0, 0.05) is 32.8 Å². The van der Waals surface area contributed by atoms with Crippen molar-refractivity contribution in [1.82, 2.24) is 10.2 Å². The van der Waals surface area contributed by atoms with Gasteiger partial charge in [0.2, 0.25) is 0 Å². The summed E-state index contributed by atoms with van der Waals surface area (Å²) in [7, 11) is 0. The quantitative estimate of drug-likeness (QED) is 0.596. The van der Waals surface area contributed by atoms with Crippen LogP contribution in [0.5, 0.6) is 0 Å². The first-order chi connectivity index (χ1) is 11.7. The monoisotopic (exact) mass is 331 g/mol. The fourth-order valence-electron chi connectivity index (χ4n) is 3.49. The zero-order valence-corrected chi connectivity index (χ0v) is 15.5. The molecule has 134 valence electrons. The van der Waals surface area contributed by atoms with Crippen molar-refractivity contribution in [2.45, 2.75) is 53.0 Å². The second-order valence-corrected chi connectivity index (χ2v) is 6.79. The number of nitrogens with zero attached hydrogens (tertiary/aromatic N) is 2. The van der Waals surface area contributed by atoms with E-state index in [0.717, 1.165) is 57.8 Å². The van der Waals surface area contributed by atoms with Gasteiger partial charge in [-0.25, -0.2) is 0 Å². The van der Waals surface area contributed by atoms with Gasteiger partial charge in [-0.05, 0) is 49.1 Å². The van der Waals surface area contributed by atoms with E-state index >= 15 is 0 Å². The van der Waals surface area contributed by atoms with Crippen molar-refractivity contribution in [1.29, 1.82) is 0 Å². The summed E-state index contributed by atoms with van der Waals surface area (Å²) in [4.78, 5) is 7.33. The molecule has 0 aromatic heterocycles. The summed E-state index contributed by atoms with van der Waals surface area (Å²) in [6.07, 6.45) is 4.00. The molecule has 0 saturated carbocycles. The molecule has 1 aromatic rings. The molecule has 1 aliphatic heterocycles. The molecule has 0 fully saturated rings. The molecule has 0 unspecified atom stereocenters. The summed E-state index contributed by atoms with van der Waals surface area (Å²) in [6, 6.07) is 8.70. The predicted octanol–water partition coefficient (Wildman–Crippen LogP) is 3.20. The minimum atomic E-state index is 0.114. The Morgan fingerprint density at radius 2 is 1.92 bits per heavy atom. The average molecular weight is 332 g/mol. The lowest BCUT2D eigenvalue weighted by Gasteiger charge is -2.34. The zero-order chi connectivity index (χ0) is 17.4. The maximum atomic E-state index is 9.42. The van der Waals surface area contributed by atoms with Crippen molar-refractivity contribution in [3.05, 3.63) is 35.4 Å². The van der Waals surface area contributed by atoms with Crippen molar-refractivity contribution in [3.63, 3.8) is 0 Å². The Morgan fingerprint density at radius 1 is 1.21 bits per heavy atom. The van der Waals surface area contributed by atoms with Crippen molar-refractivity contribution in [2.24, 2.45) is 10.4 Å². The number of hydrogen-bond donors (Lipinski definition) is 2. The van der Waals surface area contributed by atoms with Crippen LogP contribution in [0.2, 0.25) is 0 Å². The minimum Gasteiger partial charge on any atom is -0.396 e. The number of fused-ring (bicyclic) bond motifs is 1. The fraction of sp³-hybridized carbons (Fsp3) is 0.650. The van der Waals surface area contributed by atoms with E-state index in [9.17, 15) is 5.11 Å². The molecule has 4 heteroatoms. The van der Waals surface area contributed by atoms with Crippen LogP contribution >= 0.6 is 0 Å². The van der Waals surface area contributed by atoms with Gasteiger partial charge in [-0.2, -0.15) is 0 Å².